The summed E-state index contributed by atoms with van der Waals surface area (Å²) < 4.78 is 13.8. The molecule has 21 heavy (non-hydrogen) atoms. The summed E-state index contributed by atoms with van der Waals surface area (Å²) in [6.45, 7) is 2.90. The van der Waals surface area contributed by atoms with Gasteiger partial charge in [0.25, 0.3) is 0 Å². The normalized spacial score (nSPS) is 18.9. The van der Waals surface area contributed by atoms with Gasteiger partial charge in [0.05, 0.1) is 5.69 Å². The van der Waals surface area contributed by atoms with Crippen molar-refractivity contribution in [3.8, 4) is 0 Å². The lowest BCUT2D eigenvalue weighted by Crippen LogP contribution is -2.26. The van der Waals surface area contributed by atoms with Crippen LogP contribution in [-0.4, -0.2) is 24.0 Å². The number of rotatable bonds is 4. The summed E-state index contributed by atoms with van der Waals surface area (Å²) >= 11 is 5.77. The first-order valence-electron chi connectivity index (χ1n) is 7.18. The predicted molar refractivity (Wildman–Crippen MR) is 85.2 cm³/mol. The standard InChI is InChI=1S/C17H18ClFN2/c18-14-6-7-17(16(19)10-14)20-15-8-9-21(12-15)11-13-4-2-1-3-5-13/h1-7,10,15,20H,8-9,11-12H2. The molecule has 1 heterocycles. The van der Waals surface area contributed by atoms with E-state index in [1.807, 2.05) is 6.07 Å². The molecule has 1 atom stereocenters. The summed E-state index contributed by atoms with van der Waals surface area (Å²) in [6, 6.07) is 15.5. The zero-order valence-electron chi connectivity index (χ0n) is 11.7. The van der Waals surface area contributed by atoms with Crippen molar-refractivity contribution in [1.29, 1.82) is 0 Å². The van der Waals surface area contributed by atoms with Crippen molar-refractivity contribution in [3.05, 3.63) is 64.9 Å². The number of nitrogens with one attached hydrogen (secondary N) is 1. The van der Waals surface area contributed by atoms with Gasteiger partial charge in [0.1, 0.15) is 5.82 Å². The van der Waals surface area contributed by atoms with Crippen molar-refractivity contribution in [1.82, 2.24) is 4.90 Å². The largest absolute Gasteiger partial charge is 0.379 e. The summed E-state index contributed by atoms with van der Waals surface area (Å²) in [6.07, 6.45) is 1.02. The van der Waals surface area contributed by atoms with Crippen LogP contribution in [0, 0.1) is 5.82 Å². The van der Waals surface area contributed by atoms with Crippen LogP contribution < -0.4 is 5.32 Å². The van der Waals surface area contributed by atoms with E-state index in [0.29, 0.717) is 10.7 Å². The van der Waals surface area contributed by atoms with Crippen molar-refractivity contribution in [3.63, 3.8) is 0 Å². The number of hydrogen-bond donors (Lipinski definition) is 1. The molecule has 0 aromatic heterocycles. The smallest absolute Gasteiger partial charge is 0.147 e. The maximum Gasteiger partial charge on any atom is 0.147 e. The molecule has 4 heteroatoms. The predicted octanol–water partition coefficient (Wildman–Crippen LogP) is 4.17. The molecule has 3 rings (SSSR count). The third-order valence-electron chi connectivity index (χ3n) is 3.81. The van der Waals surface area contributed by atoms with Crippen LogP contribution in [0.5, 0.6) is 0 Å². The number of hydrogen-bond acceptors (Lipinski definition) is 2. The van der Waals surface area contributed by atoms with Crippen LogP contribution in [0.2, 0.25) is 5.02 Å². The molecule has 1 unspecified atom stereocenters. The number of benzene rings is 2. The lowest BCUT2D eigenvalue weighted by molar-refractivity contribution is 0.328. The highest BCUT2D eigenvalue weighted by molar-refractivity contribution is 6.30. The Morgan fingerprint density at radius 1 is 1.19 bits per heavy atom. The van der Waals surface area contributed by atoms with Crippen molar-refractivity contribution < 1.29 is 4.39 Å². The van der Waals surface area contributed by atoms with Crippen molar-refractivity contribution in [2.75, 3.05) is 18.4 Å². The molecule has 1 N–H and O–H groups in total. The fourth-order valence-electron chi connectivity index (χ4n) is 2.76. The molecule has 2 nitrogen and oxygen atoms in total. The number of halogens is 2. The summed E-state index contributed by atoms with van der Waals surface area (Å²) in [7, 11) is 0. The highest BCUT2D eigenvalue weighted by Gasteiger charge is 2.22. The first kappa shape index (κ1) is 14.4. The zero-order valence-corrected chi connectivity index (χ0v) is 12.5. The molecule has 0 spiro atoms. The molecule has 0 amide bonds. The fraction of sp³-hybridized carbons (Fsp3) is 0.294. The number of nitrogens with zero attached hydrogens (tertiary/aromatic N) is 1. The lowest BCUT2D eigenvalue weighted by atomic mass is 10.2. The van der Waals surface area contributed by atoms with Gasteiger partial charge in [0.2, 0.25) is 0 Å². The van der Waals surface area contributed by atoms with E-state index in [1.165, 1.54) is 11.6 Å². The molecule has 1 aliphatic heterocycles. The average Bonchev–Trinajstić information content (AvgIpc) is 2.90. The average molecular weight is 305 g/mol. The van der Waals surface area contributed by atoms with E-state index in [9.17, 15) is 4.39 Å². The van der Waals surface area contributed by atoms with E-state index in [1.54, 1.807) is 12.1 Å². The van der Waals surface area contributed by atoms with Gasteiger partial charge in [0, 0.05) is 30.7 Å². The molecule has 0 bridgehead atoms. The molecule has 0 saturated carbocycles. The molecule has 1 saturated heterocycles. The maximum absolute atomic E-state index is 13.8. The maximum atomic E-state index is 13.8. The Labute approximate surface area is 129 Å². The van der Waals surface area contributed by atoms with Crippen LogP contribution in [-0.2, 0) is 6.54 Å². The molecule has 2 aromatic rings. The first-order valence-corrected chi connectivity index (χ1v) is 7.56. The molecular weight excluding hydrogens is 287 g/mol. The Morgan fingerprint density at radius 3 is 2.76 bits per heavy atom. The Bertz CT molecular complexity index is 603. The van der Waals surface area contributed by atoms with E-state index in [0.717, 1.165) is 26.1 Å². The third kappa shape index (κ3) is 3.74. The molecular formula is C17H18ClFN2. The van der Waals surface area contributed by atoms with Crippen LogP contribution in [0.4, 0.5) is 10.1 Å². The minimum absolute atomic E-state index is 0.282. The number of anilines is 1. The van der Waals surface area contributed by atoms with E-state index < -0.39 is 0 Å². The minimum atomic E-state index is -0.288. The Kier molecular flexibility index (Phi) is 4.42. The summed E-state index contributed by atoms with van der Waals surface area (Å²) in [4.78, 5) is 2.39. The molecule has 1 aliphatic rings. The van der Waals surface area contributed by atoms with Crippen LogP contribution in [0.25, 0.3) is 0 Å². The molecule has 1 fully saturated rings. The second-order valence-electron chi connectivity index (χ2n) is 5.47. The lowest BCUT2D eigenvalue weighted by Gasteiger charge is -2.17. The highest BCUT2D eigenvalue weighted by Crippen LogP contribution is 2.22. The van der Waals surface area contributed by atoms with Crippen LogP contribution in [0.1, 0.15) is 12.0 Å². The van der Waals surface area contributed by atoms with Gasteiger partial charge in [0.15, 0.2) is 0 Å². The minimum Gasteiger partial charge on any atom is -0.379 e. The third-order valence-corrected chi connectivity index (χ3v) is 4.05. The number of likely N-dealkylation sites (tertiary alicyclic amines) is 1. The Morgan fingerprint density at radius 2 is 2.00 bits per heavy atom. The topological polar surface area (TPSA) is 15.3 Å². The van der Waals surface area contributed by atoms with E-state index >= 15 is 0 Å². The quantitative estimate of drug-likeness (QED) is 0.912. The van der Waals surface area contributed by atoms with Crippen molar-refractivity contribution in [2.45, 2.75) is 19.0 Å². The molecule has 0 aliphatic carbocycles. The van der Waals surface area contributed by atoms with Crippen LogP contribution in [0.3, 0.4) is 0 Å². The SMILES string of the molecule is Fc1cc(Cl)ccc1NC1CCN(Cc2ccccc2)C1. The van der Waals surface area contributed by atoms with Crippen LogP contribution in [0.15, 0.2) is 48.5 Å². The summed E-state index contributed by atoms with van der Waals surface area (Å²) in [5.41, 5.74) is 1.85. The molecule has 0 radical (unpaired) electrons. The summed E-state index contributed by atoms with van der Waals surface area (Å²) in [5.74, 6) is -0.288. The van der Waals surface area contributed by atoms with Gasteiger partial charge in [-0.15, -0.1) is 0 Å². The second-order valence-corrected chi connectivity index (χ2v) is 5.91. The highest BCUT2D eigenvalue weighted by atomic mass is 35.5. The molecule has 2 aromatic carbocycles. The Hall–Kier alpha value is -1.58. The van der Waals surface area contributed by atoms with Crippen LogP contribution >= 0.6 is 11.6 Å². The van der Waals surface area contributed by atoms with Gasteiger partial charge in [-0.25, -0.2) is 4.39 Å². The van der Waals surface area contributed by atoms with E-state index in [4.69, 9.17) is 11.6 Å². The summed E-state index contributed by atoms with van der Waals surface area (Å²) in [5, 5.41) is 3.70. The first-order chi connectivity index (χ1) is 10.2. The van der Waals surface area contributed by atoms with Crippen molar-refractivity contribution in [2.24, 2.45) is 0 Å². The van der Waals surface area contributed by atoms with Gasteiger partial charge >= 0.3 is 0 Å². The van der Waals surface area contributed by atoms with Gasteiger partial charge < -0.3 is 5.32 Å². The van der Waals surface area contributed by atoms with Crippen molar-refractivity contribution >= 4 is 17.3 Å². The van der Waals surface area contributed by atoms with E-state index in [-0.39, 0.29) is 11.9 Å². The molecule has 110 valence electrons. The second kappa shape index (κ2) is 6.46. The van der Waals surface area contributed by atoms with E-state index in [2.05, 4.69) is 34.5 Å². The monoisotopic (exact) mass is 304 g/mol. The van der Waals surface area contributed by atoms with Gasteiger partial charge in [-0.05, 0) is 30.2 Å². The zero-order chi connectivity index (χ0) is 14.7. The van der Waals surface area contributed by atoms with Gasteiger partial charge in [-0.3, -0.25) is 4.90 Å². The Balaban J connectivity index is 1.57. The van der Waals surface area contributed by atoms with Gasteiger partial charge in [-0.2, -0.15) is 0 Å². The fourth-order valence-corrected chi connectivity index (χ4v) is 2.92. The van der Waals surface area contributed by atoms with Gasteiger partial charge in [-0.1, -0.05) is 41.9 Å².